The van der Waals surface area contributed by atoms with Gasteiger partial charge >= 0.3 is 0 Å². The summed E-state index contributed by atoms with van der Waals surface area (Å²) in [5.41, 5.74) is 3.94. The number of nitrogens with one attached hydrogen (secondary N) is 1. The van der Waals surface area contributed by atoms with Gasteiger partial charge in [0.15, 0.2) is 5.76 Å². The number of hydrogen-bond acceptors (Lipinski definition) is 4. The van der Waals surface area contributed by atoms with Crippen molar-refractivity contribution in [3.05, 3.63) is 81.1 Å². The van der Waals surface area contributed by atoms with Crippen molar-refractivity contribution in [2.45, 2.75) is 20.8 Å². The summed E-state index contributed by atoms with van der Waals surface area (Å²) in [6.45, 7) is 5.64. The summed E-state index contributed by atoms with van der Waals surface area (Å²) in [4.78, 5) is 23.0. The predicted octanol–water partition coefficient (Wildman–Crippen LogP) is 5.03. The van der Waals surface area contributed by atoms with Gasteiger partial charge in [-0.05, 0) is 56.2 Å². The standard InChI is InChI=1S/C20H18N2O4/c1-12-7-8-15(11-13(12)2)18-9-10-19(26-18)20(23)21-16-5-4-6-17(14(16)3)22(24)25/h4-11H,1-3H3,(H,21,23). The van der Waals surface area contributed by atoms with Crippen LogP contribution in [0.25, 0.3) is 11.3 Å². The molecule has 0 radical (unpaired) electrons. The maximum atomic E-state index is 12.4. The Kier molecular flexibility index (Phi) is 4.58. The van der Waals surface area contributed by atoms with Gasteiger partial charge in [0.25, 0.3) is 11.6 Å². The molecule has 0 saturated heterocycles. The normalized spacial score (nSPS) is 10.6. The summed E-state index contributed by atoms with van der Waals surface area (Å²) in [5.74, 6) is 0.279. The molecule has 6 heteroatoms. The number of anilines is 1. The molecular formula is C20H18N2O4. The highest BCUT2D eigenvalue weighted by Gasteiger charge is 2.17. The fraction of sp³-hybridized carbons (Fsp3) is 0.150. The van der Waals surface area contributed by atoms with Crippen molar-refractivity contribution in [1.82, 2.24) is 0 Å². The Morgan fingerprint density at radius 2 is 1.81 bits per heavy atom. The van der Waals surface area contributed by atoms with E-state index in [4.69, 9.17) is 4.42 Å². The third kappa shape index (κ3) is 3.35. The largest absolute Gasteiger partial charge is 0.451 e. The van der Waals surface area contributed by atoms with Gasteiger partial charge in [-0.25, -0.2) is 0 Å². The lowest BCUT2D eigenvalue weighted by atomic mass is 10.1. The van der Waals surface area contributed by atoms with Crippen LogP contribution in [0.1, 0.15) is 27.2 Å². The van der Waals surface area contributed by atoms with Crippen molar-refractivity contribution >= 4 is 17.3 Å². The van der Waals surface area contributed by atoms with Crippen LogP contribution in [0.2, 0.25) is 0 Å². The smallest absolute Gasteiger partial charge is 0.291 e. The first-order valence-electron chi connectivity index (χ1n) is 8.09. The van der Waals surface area contributed by atoms with E-state index >= 15 is 0 Å². The summed E-state index contributed by atoms with van der Waals surface area (Å²) in [6, 6.07) is 13.8. The van der Waals surface area contributed by atoms with Gasteiger partial charge in [0.05, 0.1) is 16.2 Å². The molecule has 0 aliphatic carbocycles. The molecule has 3 rings (SSSR count). The van der Waals surface area contributed by atoms with E-state index in [1.54, 1.807) is 25.1 Å². The molecule has 0 spiro atoms. The van der Waals surface area contributed by atoms with E-state index in [0.717, 1.165) is 11.1 Å². The zero-order valence-corrected chi connectivity index (χ0v) is 14.7. The van der Waals surface area contributed by atoms with Gasteiger partial charge in [-0.15, -0.1) is 0 Å². The molecule has 1 aromatic heterocycles. The van der Waals surface area contributed by atoms with Gasteiger partial charge in [-0.3, -0.25) is 14.9 Å². The molecule has 0 bridgehead atoms. The highest BCUT2D eigenvalue weighted by atomic mass is 16.6. The van der Waals surface area contributed by atoms with Crippen LogP contribution >= 0.6 is 0 Å². The van der Waals surface area contributed by atoms with Crippen LogP contribution in [0.15, 0.2) is 52.9 Å². The minimum Gasteiger partial charge on any atom is -0.451 e. The van der Waals surface area contributed by atoms with Gasteiger partial charge in [-0.1, -0.05) is 18.2 Å². The highest BCUT2D eigenvalue weighted by Crippen LogP contribution is 2.27. The van der Waals surface area contributed by atoms with Gasteiger partial charge in [-0.2, -0.15) is 0 Å². The van der Waals surface area contributed by atoms with Gasteiger partial charge in [0.1, 0.15) is 5.76 Å². The number of carbonyl (C=O) groups excluding carboxylic acids is 1. The number of nitro groups is 1. The number of carbonyl (C=O) groups is 1. The first kappa shape index (κ1) is 17.4. The summed E-state index contributed by atoms with van der Waals surface area (Å²) in [7, 11) is 0. The van der Waals surface area contributed by atoms with E-state index in [1.807, 2.05) is 32.0 Å². The van der Waals surface area contributed by atoms with E-state index in [-0.39, 0.29) is 11.4 Å². The summed E-state index contributed by atoms with van der Waals surface area (Å²) in [6.07, 6.45) is 0. The van der Waals surface area contributed by atoms with Gasteiger partial charge < -0.3 is 9.73 Å². The van der Waals surface area contributed by atoms with Crippen LogP contribution in [0.5, 0.6) is 0 Å². The SMILES string of the molecule is Cc1ccc(-c2ccc(C(=O)Nc3cccc([N+](=O)[O-])c3C)o2)cc1C. The van der Waals surface area contributed by atoms with Gasteiger partial charge in [0.2, 0.25) is 0 Å². The van der Waals surface area contributed by atoms with Crippen molar-refractivity contribution in [3.63, 3.8) is 0 Å². The quantitative estimate of drug-likeness (QED) is 0.528. The fourth-order valence-corrected chi connectivity index (χ4v) is 2.65. The molecule has 1 heterocycles. The zero-order chi connectivity index (χ0) is 18.8. The molecule has 132 valence electrons. The number of rotatable bonds is 4. The third-order valence-corrected chi connectivity index (χ3v) is 4.37. The number of nitro benzene ring substituents is 1. The predicted molar refractivity (Wildman–Crippen MR) is 99.4 cm³/mol. The molecule has 0 atom stereocenters. The molecule has 26 heavy (non-hydrogen) atoms. The maximum Gasteiger partial charge on any atom is 0.291 e. The molecule has 2 aromatic carbocycles. The van der Waals surface area contributed by atoms with Crippen LogP contribution in [-0.4, -0.2) is 10.8 Å². The second-order valence-electron chi connectivity index (χ2n) is 6.12. The monoisotopic (exact) mass is 350 g/mol. The molecule has 0 aliphatic heterocycles. The van der Waals surface area contributed by atoms with Crippen LogP contribution in [-0.2, 0) is 0 Å². The minimum atomic E-state index is -0.476. The Labute approximate surface area is 150 Å². The second-order valence-corrected chi connectivity index (χ2v) is 6.12. The molecule has 0 aliphatic rings. The van der Waals surface area contributed by atoms with E-state index in [2.05, 4.69) is 5.32 Å². The maximum absolute atomic E-state index is 12.4. The number of aryl methyl sites for hydroxylation is 2. The molecule has 6 nitrogen and oxygen atoms in total. The van der Waals surface area contributed by atoms with E-state index in [9.17, 15) is 14.9 Å². The highest BCUT2D eigenvalue weighted by molar-refractivity contribution is 6.03. The zero-order valence-electron chi connectivity index (χ0n) is 14.7. The van der Waals surface area contributed by atoms with Crippen molar-refractivity contribution in [2.75, 3.05) is 5.32 Å². The molecule has 0 unspecified atom stereocenters. The Morgan fingerprint density at radius 3 is 2.50 bits per heavy atom. The van der Waals surface area contributed by atoms with E-state index in [0.29, 0.717) is 17.0 Å². The molecule has 1 N–H and O–H groups in total. The van der Waals surface area contributed by atoms with Crippen LogP contribution < -0.4 is 5.32 Å². The molecule has 1 amide bonds. The van der Waals surface area contributed by atoms with Crippen molar-refractivity contribution in [3.8, 4) is 11.3 Å². The lowest BCUT2D eigenvalue weighted by molar-refractivity contribution is -0.385. The van der Waals surface area contributed by atoms with E-state index < -0.39 is 10.8 Å². The Hall–Kier alpha value is -3.41. The number of amides is 1. The third-order valence-electron chi connectivity index (χ3n) is 4.37. The Morgan fingerprint density at radius 1 is 1.04 bits per heavy atom. The van der Waals surface area contributed by atoms with Crippen molar-refractivity contribution in [1.29, 1.82) is 0 Å². The van der Waals surface area contributed by atoms with E-state index in [1.165, 1.54) is 17.7 Å². The second kappa shape index (κ2) is 6.84. The lowest BCUT2D eigenvalue weighted by Crippen LogP contribution is -2.12. The lowest BCUT2D eigenvalue weighted by Gasteiger charge is -2.07. The average molecular weight is 350 g/mol. The summed E-state index contributed by atoms with van der Waals surface area (Å²) >= 11 is 0. The van der Waals surface area contributed by atoms with Gasteiger partial charge in [0, 0.05) is 11.6 Å². The minimum absolute atomic E-state index is 0.0435. The number of nitrogens with zero attached hydrogens (tertiary/aromatic N) is 1. The van der Waals surface area contributed by atoms with Crippen molar-refractivity contribution in [2.24, 2.45) is 0 Å². The molecular weight excluding hydrogens is 332 g/mol. The molecule has 0 saturated carbocycles. The number of furan rings is 1. The number of benzene rings is 2. The van der Waals surface area contributed by atoms with Crippen LogP contribution in [0.4, 0.5) is 11.4 Å². The topological polar surface area (TPSA) is 85.4 Å². The average Bonchev–Trinajstić information content (AvgIpc) is 3.09. The number of hydrogen-bond donors (Lipinski definition) is 1. The summed E-state index contributed by atoms with van der Waals surface area (Å²) < 4.78 is 5.67. The van der Waals surface area contributed by atoms with Crippen molar-refractivity contribution < 1.29 is 14.1 Å². The molecule has 3 aromatic rings. The molecule has 0 fully saturated rings. The Bertz CT molecular complexity index is 1000. The van der Waals surface area contributed by atoms with Crippen LogP contribution in [0, 0.1) is 30.9 Å². The first-order valence-corrected chi connectivity index (χ1v) is 8.09. The fourth-order valence-electron chi connectivity index (χ4n) is 2.65. The Balaban J connectivity index is 1.84. The summed E-state index contributed by atoms with van der Waals surface area (Å²) in [5, 5.41) is 13.7. The first-order chi connectivity index (χ1) is 12.4. The van der Waals surface area contributed by atoms with Crippen LogP contribution in [0.3, 0.4) is 0 Å².